The van der Waals surface area contributed by atoms with Crippen molar-refractivity contribution in [3.05, 3.63) is 94.7 Å². The molecule has 0 saturated carbocycles. The molecule has 1 heterocycles. The quantitative estimate of drug-likeness (QED) is 0.362. The number of aryl methyl sites for hydroxylation is 2. The van der Waals surface area contributed by atoms with Crippen molar-refractivity contribution in [2.45, 2.75) is 20.3 Å². The maximum absolute atomic E-state index is 13.5. The highest BCUT2D eigenvalue weighted by Gasteiger charge is 2.16. The molecule has 0 saturated heterocycles. The predicted octanol–water partition coefficient (Wildman–Crippen LogP) is 6.44. The first-order valence-corrected chi connectivity index (χ1v) is 10.9. The van der Waals surface area contributed by atoms with Crippen molar-refractivity contribution < 1.29 is 4.39 Å². The standard InChI is InChI=1S/C26H23ClFN5/c1-16-14-25(31-17(2)30-16)18-8-11-20(12-9-18)32-26(29-3)33-24-7-5-4-6-22(24)21-13-10-19(28)15-23(21)27/h4-6,8-15H,7H2,1-3H3,(H,29,32)/b33-24+. The molecule has 0 aliphatic heterocycles. The van der Waals surface area contributed by atoms with E-state index >= 15 is 0 Å². The second-order valence-corrected chi connectivity index (χ2v) is 7.99. The number of hydrogen-bond acceptors (Lipinski definition) is 3. The van der Waals surface area contributed by atoms with Crippen LogP contribution in [0.1, 0.15) is 23.5 Å². The van der Waals surface area contributed by atoms with Gasteiger partial charge in [-0.05, 0) is 50.2 Å². The zero-order valence-corrected chi connectivity index (χ0v) is 19.4. The molecule has 0 amide bonds. The summed E-state index contributed by atoms with van der Waals surface area (Å²) in [5, 5.41) is 3.60. The minimum absolute atomic E-state index is 0.345. The van der Waals surface area contributed by atoms with E-state index in [0.717, 1.165) is 45.3 Å². The lowest BCUT2D eigenvalue weighted by Gasteiger charge is -2.15. The Hall–Kier alpha value is -3.64. The van der Waals surface area contributed by atoms with Crippen molar-refractivity contribution in [3.63, 3.8) is 0 Å². The van der Waals surface area contributed by atoms with E-state index in [-0.39, 0.29) is 5.82 Å². The third-order valence-electron chi connectivity index (χ3n) is 5.10. The highest BCUT2D eigenvalue weighted by Crippen LogP contribution is 2.29. The number of halogens is 2. The van der Waals surface area contributed by atoms with E-state index in [1.165, 1.54) is 12.1 Å². The highest BCUT2D eigenvalue weighted by molar-refractivity contribution is 6.36. The van der Waals surface area contributed by atoms with E-state index < -0.39 is 0 Å². The molecule has 7 heteroatoms. The van der Waals surface area contributed by atoms with Gasteiger partial charge in [0.1, 0.15) is 11.6 Å². The number of anilines is 1. The Balaban J connectivity index is 1.56. The lowest BCUT2D eigenvalue weighted by molar-refractivity contribution is 0.628. The van der Waals surface area contributed by atoms with Crippen molar-refractivity contribution in [3.8, 4) is 11.3 Å². The summed E-state index contributed by atoms with van der Waals surface area (Å²) in [7, 11) is 1.68. The first-order chi connectivity index (χ1) is 15.9. The minimum atomic E-state index is -0.373. The second kappa shape index (κ2) is 9.88. The molecule has 1 aliphatic carbocycles. The summed E-state index contributed by atoms with van der Waals surface area (Å²) < 4.78 is 13.5. The first kappa shape index (κ1) is 22.6. The molecular weight excluding hydrogens is 437 g/mol. The molecule has 1 aliphatic rings. The van der Waals surface area contributed by atoms with Crippen molar-refractivity contribution in [2.24, 2.45) is 9.98 Å². The van der Waals surface area contributed by atoms with E-state index in [2.05, 4.69) is 20.3 Å². The summed E-state index contributed by atoms with van der Waals surface area (Å²) in [6, 6.07) is 14.3. The third-order valence-corrected chi connectivity index (χ3v) is 5.41. The second-order valence-electron chi connectivity index (χ2n) is 7.59. The number of nitrogens with zero attached hydrogens (tertiary/aromatic N) is 4. The number of aliphatic imine (C=N–C) groups is 2. The number of benzene rings is 2. The average molecular weight is 460 g/mol. The first-order valence-electron chi connectivity index (χ1n) is 10.5. The van der Waals surface area contributed by atoms with Gasteiger partial charge >= 0.3 is 0 Å². The third kappa shape index (κ3) is 5.41. The monoisotopic (exact) mass is 459 g/mol. The van der Waals surface area contributed by atoms with Crippen LogP contribution in [-0.4, -0.2) is 28.7 Å². The normalized spacial score (nSPS) is 15.0. The molecule has 0 atom stereocenters. The molecule has 0 spiro atoms. The molecule has 4 rings (SSSR count). The summed E-state index contributed by atoms with van der Waals surface area (Å²) in [4.78, 5) is 17.9. The zero-order valence-electron chi connectivity index (χ0n) is 18.6. The Kier molecular flexibility index (Phi) is 6.75. The van der Waals surface area contributed by atoms with Crippen LogP contribution in [0.15, 0.2) is 76.7 Å². The number of allylic oxidation sites excluding steroid dienone is 4. The van der Waals surface area contributed by atoms with E-state index in [4.69, 9.17) is 16.6 Å². The van der Waals surface area contributed by atoms with Gasteiger partial charge in [-0.3, -0.25) is 4.99 Å². The number of nitrogens with one attached hydrogen (secondary N) is 1. The van der Waals surface area contributed by atoms with E-state index in [1.807, 2.05) is 62.4 Å². The molecule has 1 aromatic heterocycles. The van der Waals surface area contributed by atoms with Crippen LogP contribution in [0.25, 0.3) is 16.8 Å². The number of rotatable bonds is 3. The smallest absolute Gasteiger partial charge is 0.222 e. The van der Waals surface area contributed by atoms with Crippen LogP contribution in [0.4, 0.5) is 10.1 Å². The van der Waals surface area contributed by atoms with Crippen LogP contribution in [0, 0.1) is 19.7 Å². The minimum Gasteiger partial charge on any atom is -0.324 e. The van der Waals surface area contributed by atoms with E-state index in [0.29, 0.717) is 17.4 Å². The molecule has 3 aromatic rings. The van der Waals surface area contributed by atoms with Crippen LogP contribution in [0.2, 0.25) is 5.02 Å². The molecule has 0 radical (unpaired) electrons. The maximum Gasteiger partial charge on any atom is 0.222 e. The zero-order chi connectivity index (χ0) is 23.4. The SMILES string of the molecule is CN=C(/N=C1\CC=CC=C1c1ccc(F)cc1Cl)Nc1ccc(-c2cc(C)nc(C)n2)cc1. The maximum atomic E-state index is 13.5. The number of guanidine groups is 1. The van der Waals surface area contributed by atoms with Gasteiger partial charge in [0.2, 0.25) is 5.96 Å². The summed E-state index contributed by atoms with van der Waals surface area (Å²) in [5.74, 6) is 0.836. The number of hydrogen-bond donors (Lipinski definition) is 1. The Morgan fingerprint density at radius 2 is 1.85 bits per heavy atom. The van der Waals surface area contributed by atoms with Gasteiger partial charge in [0.15, 0.2) is 0 Å². The van der Waals surface area contributed by atoms with E-state index in [1.54, 1.807) is 13.1 Å². The Labute approximate surface area is 197 Å². The van der Waals surface area contributed by atoms with Crippen LogP contribution >= 0.6 is 11.6 Å². The van der Waals surface area contributed by atoms with E-state index in [9.17, 15) is 4.39 Å². The fourth-order valence-electron chi connectivity index (χ4n) is 3.59. The Morgan fingerprint density at radius 3 is 2.55 bits per heavy atom. The van der Waals surface area contributed by atoms with Gasteiger partial charge in [-0.15, -0.1) is 0 Å². The fourth-order valence-corrected chi connectivity index (χ4v) is 3.86. The summed E-state index contributed by atoms with van der Waals surface area (Å²) >= 11 is 6.30. The van der Waals surface area contributed by atoms with Crippen LogP contribution in [-0.2, 0) is 0 Å². The lowest BCUT2D eigenvalue weighted by Crippen LogP contribution is -2.14. The van der Waals surface area contributed by atoms with Gasteiger partial charge in [0.05, 0.1) is 16.4 Å². The van der Waals surface area contributed by atoms with Crippen molar-refractivity contribution in [1.82, 2.24) is 9.97 Å². The van der Waals surface area contributed by atoms with Crippen molar-refractivity contribution in [1.29, 1.82) is 0 Å². The van der Waals surface area contributed by atoms with Gasteiger partial charge in [0, 0.05) is 41.5 Å². The topological polar surface area (TPSA) is 62.5 Å². The van der Waals surface area contributed by atoms with Gasteiger partial charge in [-0.2, -0.15) is 0 Å². The molecule has 0 fully saturated rings. The lowest BCUT2D eigenvalue weighted by atomic mass is 9.95. The van der Waals surface area contributed by atoms with Crippen LogP contribution in [0.5, 0.6) is 0 Å². The highest BCUT2D eigenvalue weighted by atomic mass is 35.5. The van der Waals surface area contributed by atoms with Gasteiger partial charge < -0.3 is 5.32 Å². The van der Waals surface area contributed by atoms with Crippen molar-refractivity contribution in [2.75, 3.05) is 12.4 Å². The summed E-state index contributed by atoms with van der Waals surface area (Å²) in [5.41, 5.74) is 6.04. The molecule has 33 heavy (non-hydrogen) atoms. The number of aromatic nitrogens is 2. The molecule has 5 nitrogen and oxygen atoms in total. The molecule has 0 bridgehead atoms. The fraction of sp³-hybridized carbons (Fsp3) is 0.154. The molecule has 1 N–H and O–H groups in total. The Morgan fingerprint density at radius 1 is 1.06 bits per heavy atom. The molecular formula is C26H23ClFN5. The molecule has 0 unspecified atom stereocenters. The Bertz CT molecular complexity index is 1290. The van der Waals surface area contributed by atoms with Gasteiger partial charge in [-0.25, -0.2) is 19.4 Å². The largest absolute Gasteiger partial charge is 0.324 e. The van der Waals surface area contributed by atoms with Crippen LogP contribution in [0.3, 0.4) is 0 Å². The van der Waals surface area contributed by atoms with Crippen LogP contribution < -0.4 is 5.32 Å². The average Bonchev–Trinajstić information content (AvgIpc) is 2.79. The molecule has 166 valence electrons. The van der Waals surface area contributed by atoms with Gasteiger partial charge in [0.25, 0.3) is 0 Å². The molecule has 2 aromatic carbocycles. The summed E-state index contributed by atoms with van der Waals surface area (Å²) in [6.07, 6.45) is 6.49. The predicted molar refractivity (Wildman–Crippen MR) is 135 cm³/mol. The van der Waals surface area contributed by atoms with Gasteiger partial charge in [-0.1, -0.05) is 42.0 Å². The summed E-state index contributed by atoms with van der Waals surface area (Å²) in [6.45, 7) is 3.84. The van der Waals surface area contributed by atoms with Crippen molar-refractivity contribution >= 4 is 34.5 Å².